The maximum atomic E-state index is 13.8. The van der Waals surface area contributed by atoms with Crippen molar-refractivity contribution >= 4 is 33.5 Å². The second-order valence-corrected chi connectivity index (χ2v) is 7.93. The maximum Gasteiger partial charge on any atom is 0.521 e. The van der Waals surface area contributed by atoms with E-state index in [2.05, 4.69) is 0 Å². The van der Waals surface area contributed by atoms with E-state index in [0.717, 1.165) is 16.2 Å². The predicted octanol–water partition coefficient (Wildman–Crippen LogP) is 4.55. The summed E-state index contributed by atoms with van der Waals surface area (Å²) >= 11 is 0. The van der Waals surface area contributed by atoms with Crippen molar-refractivity contribution < 1.29 is 33.4 Å². The number of fused-ring (bicyclic) bond motifs is 4. The number of nitrogens with zero attached hydrogens (tertiary/aromatic N) is 1. The third kappa shape index (κ3) is 2.48. The van der Waals surface area contributed by atoms with Gasteiger partial charge in [-0.3, -0.25) is 0 Å². The van der Waals surface area contributed by atoms with Gasteiger partial charge in [0.2, 0.25) is 6.79 Å². The zero-order chi connectivity index (χ0) is 21.0. The van der Waals surface area contributed by atoms with Crippen LogP contribution in [0.2, 0.25) is 0 Å². The van der Waals surface area contributed by atoms with Crippen LogP contribution in [0.3, 0.4) is 0 Å². The molecule has 2 aliphatic heterocycles. The van der Waals surface area contributed by atoms with Crippen LogP contribution in [0, 0.1) is 0 Å². The number of amides is 2. The minimum atomic E-state index is -1.10. The fraction of sp³-hybridized carbons (Fsp3) is 0.304. The van der Waals surface area contributed by atoms with E-state index in [-0.39, 0.29) is 18.7 Å². The first-order chi connectivity index (χ1) is 14.5. The lowest BCUT2D eigenvalue weighted by Gasteiger charge is -2.30. The standard InChI is InChI=1S/C23H21NO6/c1-13-4-3-7-24(13,23(26)27)22(25)19-8-14-9-20-21(30-12-29-20)11-17(14)18-10-15(28-2)5-6-16(18)19/h5-6,8-11,13H,3-4,7,12H2,1-2H3/p+1/t13-,24?/m1/s1. The minimum Gasteiger partial charge on any atom is -0.497 e. The topological polar surface area (TPSA) is 82.1 Å². The molecular formula is C23H22NO6+. The summed E-state index contributed by atoms with van der Waals surface area (Å²) in [5, 5.41) is 13.2. The van der Waals surface area contributed by atoms with Crippen LogP contribution >= 0.6 is 0 Å². The number of likely N-dealkylation sites (tertiary alicyclic amines) is 1. The third-order valence-electron chi connectivity index (χ3n) is 6.47. The van der Waals surface area contributed by atoms with Crippen LogP contribution in [0.15, 0.2) is 36.4 Å². The van der Waals surface area contributed by atoms with Crippen molar-refractivity contribution in [3.8, 4) is 17.2 Å². The Kier molecular flexibility index (Phi) is 4.11. The van der Waals surface area contributed by atoms with Crippen LogP contribution in [0.5, 0.6) is 17.2 Å². The van der Waals surface area contributed by atoms with E-state index in [1.54, 1.807) is 19.2 Å². The Bertz CT molecular complexity index is 1220. The van der Waals surface area contributed by atoms with Gasteiger partial charge in [-0.25, -0.2) is 4.79 Å². The summed E-state index contributed by atoms with van der Waals surface area (Å²) in [6, 6.07) is 10.7. The van der Waals surface area contributed by atoms with Crippen LogP contribution in [0.25, 0.3) is 21.5 Å². The van der Waals surface area contributed by atoms with Crippen molar-refractivity contribution in [3.05, 3.63) is 42.0 Å². The highest BCUT2D eigenvalue weighted by Crippen LogP contribution is 2.42. The molecule has 0 aromatic heterocycles. The van der Waals surface area contributed by atoms with Gasteiger partial charge in [-0.2, -0.15) is 9.28 Å². The van der Waals surface area contributed by atoms with Gasteiger partial charge in [0, 0.05) is 12.8 Å². The zero-order valence-corrected chi connectivity index (χ0v) is 16.8. The number of carboxylic acid groups (broad SMARTS) is 1. The van der Waals surface area contributed by atoms with Crippen LogP contribution in [0.4, 0.5) is 4.79 Å². The largest absolute Gasteiger partial charge is 0.521 e. The van der Waals surface area contributed by atoms with Gasteiger partial charge in [-0.05, 0) is 64.9 Å². The number of quaternary nitrogens is 1. The number of benzene rings is 3. The Morgan fingerprint density at radius 1 is 1.07 bits per heavy atom. The van der Waals surface area contributed by atoms with Crippen molar-refractivity contribution in [2.75, 3.05) is 20.4 Å². The molecule has 1 fully saturated rings. The Hall–Kier alpha value is -3.32. The van der Waals surface area contributed by atoms with Gasteiger partial charge < -0.3 is 19.3 Å². The SMILES string of the molecule is COc1ccc2c(C(=O)[N+]3(C(=O)O)CCC[C@H]3C)cc3cc4c(cc3c2c1)OCO4. The molecule has 2 heterocycles. The second-order valence-electron chi connectivity index (χ2n) is 7.93. The molecule has 7 nitrogen and oxygen atoms in total. The number of carbonyl (C=O) groups excluding carboxylic acids is 1. The first-order valence-electron chi connectivity index (χ1n) is 9.96. The molecule has 3 aromatic carbocycles. The fourth-order valence-electron chi connectivity index (χ4n) is 4.79. The van der Waals surface area contributed by atoms with Gasteiger partial charge >= 0.3 is 12.0 Å². The van der Waals surface area contributed by atoms with Crippen LogP contribution in [0.1, 0.15) is 30.1 Å². The Labute approximate surface area is 172 Å². The lowest BCUT2D eigenvalue weighted by molar-refractivity contribution is -0.785. The quantitative estimate of drug-likeness (QED) is 0.495. The lowest BCUT2D eigenvalue weighted by atomic mass is 9.95. The molecule has 2 aliphatic rings. The number of carbonyl (C=O) groups is 2. The van der Waals surface area contributed by atoms with Crippen molar-refractivity contribution in [3.63, 3.8) is 0 Å². The summed E-state index contributed by atoms with van der Waals surface area (Å²) in [6.07, 6.45) is 0.310. The van der Waals surface area contributed by atoms with Crippen molar-refractivity contribution in [2.24, 2.45) is 0 Å². The molecule has 2 amide bonds. The van der Waals surface area contributed by atoms with Gasteiger partial charge in [-0.15, -0.1) is 0 Å². The normalized spacial score (nSPS) is 22.5. The maximum absolute atomic E-state index is 13.8. The van der Waals surface area contributed by atoms with E-state index < -0.39 is 10.6 Å². The van der Waals surface area contributed by atoms with E-state index >= 15 is 0 Å². The Balaban J connectivity index is 1.82. The minimum absolute atomic E-state index is 0.148. The van der Waals surface area contributed by atoms with E-state index in [1.165, 1.54) is 0 Å². The molecule has 0 aliphatic carbocycles. The summed E-state index contributed by atoms with van der Waals surface area (Å²) < 4.78 is 15.9. The summed E-state index contributed by atoms with van der Waals surface area (Å²) in [5.41, 5.74) is 0.398. The number of ether oxygens (including phenoxy) is 3. The molecule has 0 saturated carbocycles. The van der Waals surface area contributed by atoms with Gasteiger partial charge in [0.15, 0.2) is 11.5 Å². The van der Waals surface area contributed by atoms with Crippen LogP contribution < -0.4 is 14.2 Å². The van der Waals surface area contributed by atoms with E-state index in [0.29, 0.717) is 47.6 Å². The molecule has 1 saturated heterocycles. The highest BCUT2D eigenvalue weighted by Gasteiger charge is 2.53. The molecule has 7 heteroatoms. The van der Waals surface area contributed by atoms with E-state index in [1.807, 2.05) is 31.2 Å². The molecular weight excluding hydrogens is 386 g/mol. The molecule has 0 spiro atoms. The highest BCUT2D eigenvalue weighted by molar-refractivity contribution is 6.17. The molecule has 5 rings (SSSR count). The lowest BCUT2D eigenvalue weighted by Crippen LogP contribution is -2.58. The fourth-order valence-corrected chi connectivity index (χ4v) is 4.79. The zero-order valence-electron chi connectivity index (χ0n) is 16.8. The van der Waals surface area contributed by atoms with Gasteiger partial charge in [0.25, 0.3) is 0 Å². The second kappa shape index (κ2) is 6.60. The summed E-state index contributed by atoms with van der Waals surface area (Å²) in [7, 11) is 1.59. The number of rotatable bonds is 2. The smallest absolute Gasteiger partial charge is 0.497 e. The number of methoxy groups -OCH3 is 1. The molecule has 154 valence electrons. The highest BCUT2D eigenvalue weighted by atomic mass is 16.7. The monoisotopic (exact) mass is 408 g/mol. The van der Waals surface area contributed by atoms with Crippen molar-refractivity contribution in [2.45, 2.75) is 25.8 Å². The summed E-state index contributed by atoms with van der Waals surface area (Å²) in [4.78, 5) is 26.1. The first-order valence-corrected chi connectivity index (χ1v) is 9.96. The molecule has 1 unspecified atom stereocenters. The van der Waals surface area contributed by atoms with E-state index in [9.17, 15) is 14.7 Å². The van der Waals surface area contributed by atoms with Gasteiger partial charge in [0.05, 0.1) is 19.2 Å². The molecule has 0 radical (unpaired) electrons. The van der Waals surface area contributed by atoms with Gasteiger partial charge in [0.1, 0.15) is 11.8 Å². The number of imide groups is 1. The summed E-state index contributed by atoms with van der Waals surface area (Å²) in [6.45, 7) is 2.28. The molecule has 3 aromatic rings. The molecule has 1 N–H and O–H groups in total. The molecule has 0 bridgehead atoms. The number of hydrogen-bond acceptors (Lipinski definition) is 5. The third-order valence-corrected chi connectivity index (χ3v) is 6.47. The first kappa shape index (κ1) is 18.7. The average molecular weight is 408 g/mol. The number of hydrogen-bond donors (Lipinski definition) is 1. The van der Waals surface area contributed by atoms with E-state index in [4.69, 9.17) is 14.2 Å². The Morgan fingerprint density at radius 3 is 2.50 bits per heavy atom. The summed E-state index contributed by atoms with van der Waals surface area (Å²) in [5.74, 6) is 1.53. The van der Waals surface area contributed by atoms with Crippen LogP contribution in [-0.2, 0) is 0 Å². The molecule has 2 atom stereocenters. The van der Waals surface area contributed by atoms with Gasteiger partial charge in [-0.1, -0.05) is 0 Å². The van der Waals surface area contributed by atoms with Crippen molar-refractivity contribution in [1.82, 2.24) is 0 Å². The van der Waals surface area contributed by atoms with Crippen LogP contribution in [-0.4, -0.2) is 48.1 Å². The Morgan fingerprint density at radius 2 is 1.83 bits per heavy atom. The predicted molar refractivity (Wildman–Crippen MR) is 110 cm³/mol. The average Bonchev–Trinajstić information content (AvgIpc) is 3.37. The van der Waals surface area contributed by atoms with Crippen molar-refractivity contribution in [1.29, 1.82) is 0 Å². The molecule has 30 heavy (non-hydrogen) atoms.